The largest absolute Gasteiger partial charge is 0.286 e. The highest BCUT2D eigenvalue weighted by Crippen LogP contribution is 2.37. The molecule has 0 aromatic carbocycles. The highest BCUT2D eigenvalue weighted by Gasteiger charge is 2.18. The van der Waals surface area contributed by atoms with Gasteiger partial charge < -0.3 is 0 Å². The molecule has 0 saturated carbocycles. The van der Waals surface area contributed by atoms with E-state index in [1.165, 1.54) is 21.3 Å². The van der Waals surface area contributed by atoms with Crippen LogP contribution in [0.5, 0.6) is 0 Å². The number of nitrogens with zero attached hydrogens (tertiary/aromatic N) is 3. The molecule has 0 unspecified atom stereocenters. The zero-order valence-corrected chi connectivity index (χ0v) is 13.5. The molecule has 0 aliphatic rings. The molecule has 0 saturated heterocycles. The van der Waals surface area contributed by atoms with Crippen molar-refractivity contribution in [3.05, 3.63) is 32.6 Å². The van der Waals surface area contributed by atoms with Crippen LogP contribution in [0, 0.1) is 0 Å². The lowest BCUT2D eigenvalue weighted by molar-refractivity contribution is 0.602. The Hall–Kier alpha value is -0.850. The van der Waals surface area contributed by atoms with Crippen molar-refractivity contribution in [1.82, 2.24) is 14.8 Å². The van der Waals surface area contributed by atoms with Crippen LogP contribution in [0.3, 0.4) is 0 Å². The maximum absolute atomic E-state index is 11.7. The minimum absolute atomic E-state index is 0.0747. The summed E-state index contributed by atoms with van der Waals surface area (Å²) in [5.74, 6) is 0. The fourth-order valence-corrected chi connectivity index (χ4v) is 3.58. The number of hydrogen-bond acceptors (Lipinski definition) is 5. The molecule has 0 atom stereocenters. The summed E-state index contributed by atoms with van der Waals surface area (Å²) in [5, 5.41) is 4.16. The van der Waals surface area contributed by atoms with Gasteiger partial charge in [0.05, 0.1) is 11.1 Å². The van der Waals surface area contributed by atoms with E-state index in [9.17, 15) is 4.79 Å². The van der Waals surface area contributed by atoms with Crippen molar-refractivity contribution in [2.45, 2.75) is 35.4 Å². The summed E-state index contributed by atoms with van der Waals surface area (Å²) in [7, 11) is 1.57. The fraction of sp³-hybridized carbons (Fsp3) is 0.417. The summed E-state index contributed by atoms with van der Waals surface area (Å²) in [6.07, 6.45) is 3.46. The van der Waals surface area contributed by atoms with E-state index >= 15 is 0 Å². The van der Waals surface area contributed by atoms with E-state index in [2.05, 4.69) is 30.9 Å². The lowest BCUT2D eigenvalue weighted by Gasteiger charge is -2.14. The van der Waals surface area contributed by atoms with E-state index in [0.29, 0.717) is 4.90 Å². The topological polar surface area (TPSA) is 47.8 Å². The van der Waals surface area contributed by atoms with Crippen molar-refractivity contribution in [2.24, 2.45) is 7.05 Å². The van der Waals surface area contributed by atoms with Crippen molar-refractivity contribution in [3.63, 3.8) is 0 Å². The van der Waals surface area contributed by atoms with Gasteiger partial charge in [0.2, 0.25) is 0 Å². The average molecular weight is 316 g/mol. The molecule has 0 amide bonds. The molecular formula is C12H14ClN3OS2. The molecule has 2 aromatic rings. The van der Waals surface area contributed by atoms with Crippen molar-refractivity contribution in [2.75, 3.05) is 0 Å². The number of aromatic nitrogens is 3. The molecule has 2 rings (SSSR count). The Morgan fingerprint density at radius 1 is 1.37 bits per heavy atom. The predicted octanol–water partition coefficient (Wildman–Crippen LogP) is 3.34. The maximum Gasteiger partial charge on any atom is 0.286 e. The molecule has 0 bridgehead atoms. The SMILES string of the molecule is Cn1ncc(Sc2ncc(C(C)(C)C)s2)c(Cl)c1=O. The van der Waals surface area contributed by atoms with Gasteiger partial charge in [-0.05, 0) is 5.41 Å². The van der Waals surface area contributed by atoms with E-state index in [4.69, 9.17) is 11.6 Å². The first-order chi connectivity index (χ1) is 8.79. The highest BCUT2D eigenvalue weighted by atomic mass is 35.5. The van der Waals surface area contributed by atoms with Crippen LogP contribution in [0.25, 0.3) is 0 Å². The lowest BCUT2D eigenvalue weighted by Crippen LogP contribution is -2.19. The Labute approximate surface area is 124 Å². The second-order valence-electron chi connectivity index (χ2n) is 5.09. The van der Waals surface area contributed by atoms with Gasteiger partial charge in [-0.3, -0.25) is 4.79 Å². The second kappa shape index (κ2) is 5.26. The second-order valence-corrected chi connectivity index (χ2v) is 7.79. The summed E-state index contributed by atoms with van der Waals surface area (Å²) in [4.78, 5) is 17.9. The molecular weight excluding hydrogens is 302 g/mol. The third-order valence-corrected chi connectivity index (χ3v) is 5.47. The van der Waals surface area contributed by atoms with Gasteiger partial charge in [-0.2, -0.15) is 5.10 Å². The van der Waals surface area contributed by atoms with Crippen molar-refractivity contribution < 1.29 is 0 Å². The molecule has 0 aliphatic carbocycles. The number of hydrogen-bond donors (Lipinski definition) is 0. The van der Waals surface area contributed by atoms with Gasteiger partial charge in [0.1, 0.15) is 5.02 Å². The summed E-state index contributed by atoms with van der Waals surface area (Å²) in [6.45, 7) is 6.42. The van der Waals surface area contributed by atoms with Crippen LogP contribution in [0.1, 0.15) is 25.6 Å². The van der Waals surface area contributed by atoms with Gasteiger partial charge in [-0.15, -0.1) is 11.3 Å². The summed E-state index contributed by atoms with van der Waals surface area (Å²) < 4.78 is 2.08. The van der Waals surface area contributed by atoms with Crippen LogP contribution in [0.2, 0.25) is 5.02 Å². The van der Waals surface area contributed by atoms with Gasteiger partial charge in [0.25, 0.3) is 5.56 Å². The third-order valence-electron chi connectivity index (χ3n) is 2.47. The van der Waals surface area contributed by atoms with E-state index < -0.39 is 0 Å². The van der Waals surface area contributed by atoms with Crippen molar-refractivity contribution in [1.29, 1.82) is 0 Å². The molecule has 2 heterocycles. The van der Waals surface area contributed by atoms with Crippen molar-refractivity contribution >= 4 is 34.7 Å². The van der Waals surface area contributed by atoms with Crippen LogP contribution in [0.4, 0.5) is 0 Å². The molecule has 0 radical (unpaired) electrons. The van der Waals surface area contributed by atoms with Gasteiger partial charge in [0, 0.05) is 18.1 Å². The zero-order valence-electron chi connectivity index (χ0n) is 11.1. The van der Waals surface area contributed by atoms with Crippen molar-refractivity contribution in [3.8, 4) is 0 Å². The monoisotopic (exact) mass is 315 g/mol. The first-order valence-electron chi connectivity index (χ1n) is 5.65. The predicted molar refractivity (Wildman–Crippen MR) is 79.4 cm³/mol. The minimum Gasteiger partial charge on any atom is -0.266 e. The molecule has 4 nitrogen and oxygen atoms in total. The molecule has 0 N–H and O–H groups in total. The van der Waals surface area contributed by atoms with Crippen LogP contribution in [0.15, 0.2) is 26.4 Å². The van der Waals surface area contributed by atoms with Gasteiger partial charge in [-0.1, -0.05) is 44.1 Å². The Morgan fingerprint density at radius 2 is 2.05 bits per heavy atom. The molecule has 0 spiro atoms. The number of halogens is 1. The quantitative estimate of drug-likeness (QED) is 0.853. The van der Waals surface area contributed by atoms with Crippen LogP contribution in [-0.4, -0.2) is 14.8 Å². The number of thiazole rings is 1. The van der Waals surface area contributed by atoms with Gasteiger partial charge >= 0.3 is 0 Å². The van der Waals surface area contributed by atoms with Crippen LogP contribution >= 0.6 is 34.7 Å². The molecule has 19 heavy (non-hydrogen) atoms. The Balaban J connectivity index is 2.30. The van der Waals surface area contributed by atoms with E-state index in [1.54, 1.807) is 24.6 Å². The summed E-state index contributed by atoms with van der Waals surface area (Å²) in [6, 6.07) is 0. The molecule has 0 aliphatic heterocycles. The maximum atomic E-state index is 11.7. The number of rotatable bonds is 2. The van der Waals surface area contributed by atoms with Gasteiger partial charge in [0.15, 0.2) is 4.34 Å². The zero-order chi connectivity index (χ0) is 14.2. The van der Waals surface area contributed by atoms with Crippen LogP contribution in [-0.2, 0) is 12.5 Å². The standard InChI is InChI=1S/C12H14ClN3OS2/c1-12(2,3)8-6-14-11(19-8)18-7-5-15-16(4)10(17)9(7)13/h5-6H,1-4H3. The van der Waals surface area contributed by atoms with Gasteiger partial charge in [-0.25, -0.2) is 9.67 Å². The Bertz CT molecular complexity index is 658. The number of aryl methyl sites for hydroxylation is 1. The molecule has 7 heteroatoms. The van der Waals surface area contributed by atoms with E-state index in [-0.39, 0.29) is 16.0 Å². The highest BCUT2D eigenvalue weighted by molar-refractivity contribution is 8.01. The third kappa shape index (κ3) is 3.19. The first-order valence-corrected chi connectivity index (χ1v) is 7.66. The Morgan fingerprint density at radius 3 is 2.63 bits per heavy atom. The van der Waals surface area contributed by atoms with Crippen LogP contribution < -0.4 is 5.56 Å². The Kier molecular flexibility index (Phi) is 4.03. The minimum atomic E-state index is -0.292. The average Bonchev–Trinajstić information content (AvgIpc) is 2.78. The summed E-state index contributed by atoms with van der Waals surface area (Å²) in [5.41, 5.74) is -0.218. The first kappa shape index (κ1) is 14.6. The summed E-state index contributed by atoms with van der Waals surface area (Å²) >= 11 is 9.01. The fourth-order valence-electron chi connectivity index (χ4n) is 1.31. The molecule has 102 valence electrons. The normalized spacial score (nSPS) is 11.8. The molecule has 0 fully saturated rings. The van der Waals surface area contributed by atoms with E-state index in [1.807, 2.05) is 6.20 Å². The lowest BCUT2D eigenvalue weighted by atomic mass is 9.96. The molecule has 2 aromatic heterocycles. The van der Waals surface area contributed by atoms with E-state index in [0.717, 1.165) is 4.34 Å². The smallest absolute Gasteiger partial charge is 0.266 e.